The Bertz CT molecular complexity index is 971. The Morgan fingerprint density at radius 2 is 2.04 bits per heavy atom. The summed E-state index contributed by atoms with van der Waals surface area (Å²) >= 11 is 0. The van der Waals surface area contributed by atoms with E-state index in [1.165, 1.54) is 24.8 Å². The number of likely N-dealkylation sites (N-methyl/N-ethyl adjacent to an activating group) is 1. The summed E-state index contributed by atoms with van der Waals surface area (Å²) in [6, 6.07) is 11.2. The van der Waals surface area contributed by atoms with Crippen LogP contribution in [-0.4, -0.2) is 24.8 Å². The van der Waals surface area contributed by atoms with Crippen LogP contribution in [0.3, 0.4) is 0 Å². The van der Waals surface area contributed by atoms with Gasteiger partial charge in [-0.1, -0.05) is 25.1 Å². The van der Waals surface area contributed by atoms with Crippen molar-refractivity contribution in [3.05, 3.63) is 63.7 Å². The first kappa shape index (κ1) is 17.4. The molecule has 6 heteroatoms. The molecule has 140 valence electrons. The van der Waals surface area contributed by atoms with Crippen molar-refractivity contribution < 1.29 is 14.4 Å². The van der Waals surface area contributed by atoms with Gasteiger partial charge >= 0.3 is 0 Å². The third kappa shape index (κ3) is 2.13. The summed E-state index contributed by atoms with van der Waals surface area (Å²) in [5, 5.41) is 11.2. The van der Waals surface area contributed by atoms with Crippen LogP contribution < -0.4 is 14.4 Å². The Morgan fingerprint density at radius 1 is 1.30 bits per heavy atom. The highest BCUT2D eigenvalue weighted by Gasteiger charge is 2.59. The molecular formula is C21H22N2O4. The van der Waals surface area contributed by atoms with Gasteiger partial charge in [-0.05, 0) is 37.1 Å². The molecule has 2 unspecified atom stereocenters. The maximum atomic E-state index is 11.2. The number of nitro benzene ring substituents is 1. The fraction of sp³-hybridized carbons (Fsp3) is 0.333. The zero-order valence-corrected chi connectivity index (χ0v) is 15.9. The monoisotopic (exact) mass is 366 g/mol. The van der Waals surface area contributed by atoms with Crippen LogP contribution in [0.2, 0.25) is 0 Å². The molecule has 2 aromatic carbocycles. The Labute approximate surface area is 158 Å². The smallest absolute Gasteiger partial charge is 0.274 e. The van der Waals surface area contributed by atoms with E-state index in [1.807, 2.05) is 31.3 Å². The fourth-order valence-electron chi connectivity index (χ4n) is 4.39. The third-order valence-corrected chi connectivity index (χ3v) is 6.10. The van der Waals surface area contributed by atoms with Crippen molar-refractivity contribution in [3.8, 4) is 11.5 Å². The van der Waals surface area contributed by atoms with Crippen molar-refractivity contribution in [1.82, 2.24) is 0 Å². The lowest BCUT2D eigenvalue weighted by Crippen LogP contribution is -2.59. The zero-order chi connectivity index (χ0) is 19.4. The van der Waals surface area contributed by atoms with Gasteiger partial charge < -0.3 is 14.4 Å². The lowest BCUT2D eigenvalue weighted by molar-refractivity contribution is -0.385. The molecule has 2 heterocycles. The highest BCUT2D eigenvalue weighted by atomic mass is 16.6. The van der Waals surface area contributed by atoms with E-state index >= 15 is 0 Å². The van der Waals surface area contributed by atoms with Gasteiger partial charge in [-0.3, -0.25) is 10.1 Å². The number of hydrogen-bond donors (Lipinski definition) is 0. The van der Waals surface area contributed by atoms with Gasteiger partial charge in [-0.2, -0.15) is 0 Å². The summed E-state index contributed by atoms with van der Waals surface area (Å²) in [5.41, 5.74) is 1.95. The van der Waals surface area contributed by atoms with E-state index in [1.54, 1.807) is 0 Å². The molecule has 0 radical (unpaired) electrons. The maximum Gasteiger partial charge on any atom is 0.274 e. The van der Waals surface area contributed by atoms with Crippen LogP contribution in [-0.2, 0) is 5.41 Å². The minimum atomic E-state index is -0.734. The van der Waals surface area contributed by atoms with Gasteiger partial charge in [0.05, 0.1) is 23.5 Å². The number of benzene rings is 2. The molecule has 27 heavy (non-hydrogen) atoms. The molecule has 0 aromatic heterocycles. The van der Waals surface area contributed by atoms with Crippen LogP contribution in [0.25, 0.3) is 6.08 Å². The number of nitro groups is 1. The van der Waals surface area contributed by atoms with Gasteiger partial charge in [-0.15, -0.1) is 0 Å². The van der Waals surface area contributed by atoms with E-state index in [9.17, 15) is 10.1 Å². The lowest BCUT2D eigenvalue weighted by atomic mass is 9.72. The second kappa shape index (κ2) is 5.74. The minimum Gasteiger partial charge on any atom is -0.493 e. The van der Waals surface area contributed by atoms with Gasteiger partial charge in [0.1, 0.15) is 0 Å². The van der Waals surface area contributed by atoms with Crippen LogP contribution in [0, 0.1) is 10.1 Å². The molecule has 2 aromatic rings. The van der Waals surface area contributed by atoms with E-state index in [2.05, 4.69) is 30.9 Å². The van der Waals surface area contributed by atoms with E-state index in [-0.39, 0.29) is 11.1 Å². The first-order valence-corrected chi connectivity index (χ1v) is 8.96. The van der Waals surface area contributed by atoms with E-state index in [4.69, 9.17) is 9.47 Å². The Morgan fingerprint density at radius 3 is 2.70 bits per heavy atom. The molecule has 0 saturated carbocycles. The minimum absolute atomic E-state index is 0.0175. The Kier molecular flexibility index (Phi) is 3.70. The van der Waals surface area contributed by atoms with Gasteiger partial charge in [0.2, 0.25) is 5.72 Å². The van der Waals surface area contributed by atoms with E-state index in [0.29, 0.717) is 17.1 Å². The maximum absolute atomic E-state index is 11.2. The van der Waals surface area contributed by atoms with Gasteiger partial charge in [0.15, 0.2) is 11.5 Å². The number of rotatable bonds is 3. The summed E-state index contributed by atoms with van der Waals surface area (Å²) in [4.78, 5) is 13.0. The molecule has 0 aliphatic carbocycles. The molecule has 0 amide bonds. The summed E-state index contributed by atoms with van der Waals surface area (Å²) in [6.45, 7) is 4.35. The molecule has 0 bridgehead atoms. The number of fused-ring (bicyclic) bond motifs is 2. The van der Waals surface area contributed by atoms with Gasteiger partial charge in [0.25, 0.3) is 5.69 Å². The highest BCUT2D eigenvalue weighted by Crippen LogP contribution is 2.57. The Balaban J connectivity index is 1.91. The Hall–Kier alpha value is -3.02. The second-order valence-electron chi connectivity index (χ2n) is 7.22. The number of methoxy groups -OCH3 is 1. The van der Waals surface area contributed by atoms with Crippen molar-refractivity contribution >= 4 is 17.5 Å². The zero-order valence-electron chi connectivity index (χ0n) is 15.9. The van der Waals surface area contributed by atoms with Crippen molar-refractivity contribution in [2.24, 2.45) is 0 Å². The third-order valence-electron chi connectivity index (χ3n) is 6.10. The predicted molar refractivity (Wildman–Crippen MR) is 105 cm³/mol. The average molecular weight is 366 g/mol. The molecule has 0 N–H and O–H groups in total. The van der Waals surface area contributed by atoms with Crippen LogP contribution in [0.15, 0.2) is 42.5 Å². The first-order valence-electron chi connectivity index (χ1n) is 8.96. The van der Waals surface area contributed by atoms with Crippen molar-refractivity contribution in [2.75, 3.05) is 19.1 Å². The summed E-state index contributed by atoms with van der Waals surface area (Å²) in [5.74, 6) is 0.899. The topological polar surface area (TPSA) is 64.8 Å². The number of anilines is 1. The largest absolute Gasteiger partial charge is 0.493 e. The summed E-state index contributed by atoms with van der Waals surface area (Å²) in [6.07, 6.45) is 4.79. The van der Waals surface area contributed by atoms with E-state index < -0.39 is 10.6 Å². The van der Waals surface area contributed by atoms with E-state index in [0.717, 1.165) is 12.1 Å². The molecule has 2 aliphatic rings. The summed E-state index contributed by atoms with van der Waals surface area (Å²) < 4.78 is 12.1. The normalized spacial score (nSPS) is 25.1. The molecule has 6 nitrogen and oxygen atoms in total. The van der Waals surface area contributed by atoms with Crippen LogP contribution in [0.5, 0.6) is 11.5 Å². The predicted octanol–water partition coefficient (Wildman–Crippen LogP) is 4.52. The van der Waals surface area contributed by atoms with Gasteiger partial charge in [0, 0.05) is 24.4 Å². The molecule has 0 fully saturated rings. The van der Waals surface area contributed by atoms with Crippen molar-refractivity contribution in [3.63, 3.8) is 0 Å². The molecule has 4 rings (SSSR count). The molecular weight excluding hydrogens is 344 g/mol. The van der Waals surface area contributed by atoms with Gasteiger partial charge in [-0.25, -0.2) is 0 Å². The first-order chi connectivity index (χ1) is 12.9. The molecule has 0 saturated heterocycles. The molecule has 2 aliphatic heterocycles. The van der Waals surface area contributed by atoms with Crippen molar-refractivity contribution in [2.45, 2.75) is 31.4 Å². The quantitative estimate of drug-likeness (QED) is 0.590. The number of nitrogens with zero attached hydrogens (tertiary/aromatic N) is 2. The van der Waals surface area contributed by atoms with Crippen LogP contribution >= 0.6 is 0 Å². The van der Waals surface area contributed by atoms with Crippen LogP contribution in [0.1, 0.15) is 31.4 Å². The standard InChI is InChI=1S/C21H22N2O4/c1-5-20(2)16-8-6-7-9-17(16)22(3)21(20)11-10-14-12-15(23(24)25)13-18(26-4)19(14)27-21/h6-13H,5H2,1-4H3. The van der Waals surface area contributed by atoms with Crippen molar-refractivity contribution in [1.29, 1.82) is 0 Å². The number of ether oxygens (including phenoxy) is 2. The number of para-hydroxylation sites is 1. The molecule has 1 spiro atoms. The second-order valence-corrected chi connectivity index (χ2v) is 7.22. The number of non-ortho nitro benzene ring substituents is 1. The molecule has 2 atom stereocenters. The fourth-order valence-corrected chi connectivity index (χ4v) is 4.39. The summed E-state index contributed by atoms with van der Waals surface area (Å²) in [7, 11) is 3.52. The SMILES string of the molecule is CCC1(C)c2ccccc2N(C)C12C=Cc1cc([N+](=O)[O-])cc(OC)c1O2. The number of hydrogen-bond acceptors (Lipinski definition) is 5. The average Bonchev–Trinajstić information content (AvgIpc) is 2.87. The van der Waals surface area contributed by atoms with Crippen LogP contribution in [0.4, 0.5) is 11.4 Å². The lowest BCUT2D eigenvalue weighted by Gasteiger charge is -2.47. The highest BCUT2D eigenvalue weighted by molar-refractivity contribution is 5.75.